The monoisotopic (exact) mass is 206 g/mol. The number of allylic oxidation sites excluding steroid dienone is 2. The molecule has 1 heteroatoms. The number of hydrogen-bond donors (Lipinski definition) is 0. The summed E-state index contributed by atoms with van der Waals surface area (Å²) in [6.45, 7) is 8.97. The van der Waals surface area contributed by atoms with E-state index in [9.17, 15) is 0 Å². The zero-order valence-corrected chi connectivity index (χ0v) is 10.3. The molecule has 0 aliphatic heterocycles. The predicted molar refractivity (Wildman–Crippen MR) is 61.3 cm³/mol. The molecule has 0 bridgehead atoms. The van der Waals surface area contributed by atoms with Crippen LogP contribution < -0.4 is 0 Å². The third kappa shape index (κ3) is 1.10. The Hall–Kier alpha value is -0.460. The maximum Gasteiger partial charge on any atom is 0.0932 e. The van der Waals surface area contributed by atoms with Crippen LogP contribution in [0.3, 0.4) is 0 Å². The SMILES string of the molecule is CCC1C2C3C(C)C=C(OC(C)C)CC132. The molecule has 84 valence electrons. The largest absolute Gasteiger partial charge is 0.496 e. The molecule has 0 saturated heterocycles. The molecule has 3 aliphatic rings. The summed E-state index contributed by atoms with van der Waals surface area (Å²) in [6, 6.07) is 0. The highest BCUT2D eigenvalue weighted by Gasteiger charge is 2.86. The fourth-order valence-electron chi connectivity index (χ4n) is 4.43. The van der Waals surface area contributed by atoms with Gasteiger partial charge >= 0.3 is 0 Å². The Morgan fingerprint density at radius 3 is 2.80 bits per heavy atom. The Kier molecular flexibility index (Phi) is 1.82. The molecule has 0 amide bonds. The standard InChI is InChI=1S/C14H22O/c1-5-11-13-12-9(4)6-10(15-8(2)3)7-14(11,12)13/h6,8-9,11-13H,5,7H2,1-4H3. The van der Waals surface area contributed by atoms with E-state index in [1.54, 1.807) is 0 Å². The summed E-state index contributed by atoms with van der Waals surface area (Å²) in [4.78, 5) is 0. The molecule has 2 fully saturated rings. The van der Waals surface area contributed by atoms with Crippen molar-refractivity contribution < 1.29 is 4.74 Å². The Labute approximate surface area is 92.9 Å². The van der Waals surface area contributed by atoms with Crippen molar-refractivity contribution in [1.29, 1.82) is 0 Å². The summed E-state index contributed by atoms with van der Waals surface area (Å²) in [7, 11) is 0. The zero-order chi connectivity index (χ0) is 10.8. The van der Waals surface area contributed by atoms with Gasteiger partial charge in [-0.05, 0) is 49.0 Å². The summed E-state index contributed by atoms with van der Waals surface area (Å²) in [6.07, 6.45) is 5.34. The minimum Gasteiger partial charge on any atom is -0.496 e. The van der Waals surface area contributed by atoms with Crippen molar-refractivity contribution in [2.75, 3.05) is 0 Å². The van der Waals surface area contributed by atoms with Gasteiger partial charge in [0.2, 0.25) is 0 Å². The molecule has 5 unspecified atom stereocenters. The zero-order valence-electron chi connectivity index (χ0n) is 10.3. The molecule has 3 rings (SSSR count). The molecule has 0 aromatic heterocycles. The molecule has 0 heterocycles. The Balaban J connectivity index is 1.73. The second kappa shape index (κ2) is 2.81. The van der Waals surface area contributed by atoms with Crippen LogP contribution in [-0.4, -0.2) is 6.10 Å². The summed E-state index contributed by atoms with van der Waals surface area (Å²) in [5, 5.41) is 0. The van der Waals surface area contributed by atoms with Gasteiger partial charge in [0.1, 0.15) is 0 Å². The molecule has 0 aromatic rings. The Morgan fingerprint density at radius 2 is 2.20 bits per heavy atom. The third-order valence-electron chi connectivity index (χ3n) is 4.86. The van der Waals surface area contributed by atoms with Crippen LogP contribution in [0.4, 0.5) is 0 Å². The first kappa shape index (κ1) is 9.74. The fourth-order valence-corrected chi connectivity index (χ4v) is 4.43. The van der Waals surface area contributed by atoms with E-state index in [0.29, 0.717) is 11.5 Å². The van der Waals surface area contributed by atoms with Crippen molar-refractivity contribution >= 4 is 0 Å². The van der Waals surface area contributed by atoms with E-state index in [1.165, 1.54) is 18.6 Å². The average molecular weight is 206 g/mol. The van der Waals surface area contributed by atoms with Gasteiger partial charge in [-0.2, -0.15) is 0 Å². The molecule has 3 aliphatic carbocycles. The number of ether oxygens (including phenoxy) is 1. The lowest BCUT2D eigenvalue weighted by Gasteiger charge is -2.29. The van der Waals surface area contributed by atoms with Gasteiger partial charge in [-0.15, -0.1) is 0 Å². The summed E-state index contributed by atoms with van der Waals surface area (Å²) < 4.78 is 5.90. The van der Waals surface area contributed by atoms with Crippen LogP contribution in [0.15, 0.2) is 11.8 Å². The minimum absolute atomic E-state index is 0.340. The fraction of sp³-hybridized carbons (Fsp3) is 0.857. The summed E-state index contributed by atoms with van der Waals surface area (Å²) in [5.41, 5.74) is 0.715. The summed E-state index contributed by atoms with van der Waals surface area (Å²) in [5.74, 6) is 5.15. The van der Waals surface area contributed by atoms with Crippen LogP contribution >= 0.6 is 0 Å². The highest BCUT2D eigenvalue weighted by Crippen LogP contribution is 2.90. The molecule has 2 saturated carbocycles. The van der Waals surface area contributed by atoms with Gasteiger partial charge in [-0.1, -0.05) is 20.3 Å². The second-order valence-corrected chi connectivity index (χ2v) is 6.01. The topological polar surface area (TPSA) is 9.23 Å². The molecular weight excluding hydrogens is 184 g/mol. The van der Waals surface area contributed by atoms with Gasteiger partial charge in [0.25, 0.3) is 0 Å². The van der Waals surface area contributed by atoms with E-state index < -0.39 is 0 Å². The first-order valence-corrected chi connectivity index (χ1v) is 6.48. The van der Waals surface area contributed by atoms with Crippen molar-refractivity contribution in [3.05, 3.63) is 11.8 Å². The summed E-state index contributed by atoms with van der Waals surface area (Å²) >= 11 is 0. The number of fused-ring (bicyclic) bond motifs is 1. The molecular formula is C14H22O. The van der Waals surface area contributed by atoms with E-state index in [1.807, 2.05) is 0 Å². The maximum absolute atomic E-state index is 5.90. The molecule has 5 atom stereocenters. The van der Waals surface area contributed by atoms with Crippen LogP contribution in [-0.2, 0) is 4.74 Å². The van der Waals surface area contributed by atoms with Gasteiger partial charge in [0.05, 0.1) is 11.9 Å². The normalized spacial score (nSPS) is 50.6. The minimum atomic E-state index is 0.340. The van der Waals surface area contributed by atoms with Gasteiger partial charge in [-0.25, -0.2) is 0 Å². The second-order valence-electron chi connectivity index (χ2n) is 6.01. The van der Waals surface area contributed by atoms with E-state index in [2.05, 4.69) is 33.8 Å². The van der Waals surface area contributed by atoms with Crippen molar-refractivity contribution in [1.82, 2.24) is 0 Å². The van der Waals surface area contributed by atoms with Gasteiger partial charge in [0, 0.05) is 6.42 Å². The Morgan fingerprint density at radius 1 is 1.47 bits per heavy atom. The first-order valence-electron chi connectivity index (χ1n) is 6.48. The average Bonchev–Trinajstić information content (AvgIpc) is 2.90. The van der Waals surface area contributed by atoms with E-state index >= 15 is 0 Å². The highest BCUT2D eigenvalue weighted by atomic mass is 16.5. The van der Waals surface area contributed by atoms with Crippen LogP contribution in [0.2, 0.25) is 0 Å². The Bertz CT molecular complexity index is 317. The van der Waals surface area contributed by atoms with Crippen LogP contribution in [0.5, 0.6) is 0 Å². The van der Waals surface area contributed by atoms with Gasteiger partial charge < -0.3 is 4.74 Å². The lowest BCUT2D eigenvalue weighted by molar-refractivity contribution is 0.116. The van der Waals surface area contributed by atoms with Crippen molar-refractivity contribution in [2.45, 2.75) is 46.6 Å². The van der Waals surface area contributed by atoms with E-state index in [0.717, 1.165) is 23.7 Å². The number of hydrogen-bond acceptors (Lipinski definition) is 1. The van der Waals surface area contributed by atoms with Crippen LogP contribution in [0.25, 0.3) is 0 Å². The molecule has 15 heavy (non-hydrogen) atoms. The van der Waals surface area contributed by atoms with Gasteiger partial charge in [0.15, 0.2) is 0 Å². The van der Waals surface area contributed by atoms with E-state index in [-0.39, 0.29) is 0 Å². The van der Waals surface area contributed by atoms with Crippen molar-refractivity contribution in [3.63, 3.8) is 0 Å². The molecule has 0 aromatic carbocycles. The number of rotatable bonds is 3. The van der Waals surface area contributed by atoms with Gasteiger partial charge in [-0.3, -0.25) is 0 Å². The quantitative estimate of drug-likeness (QED) is 0.685. The van der Waals surface area contributed by atoms with Crippen molar-refractivity contribution in [3.8, 4) is 0 Å². The molecule has 0 radical (unpaired) electrons. The van der Waals surface area contributed by atoms with E-state index in [4.69, 9.17) is 4.74 Å². The lowest BCUT2D eigenvalue weighted by Crippen LogP contribution is -2.21. The maximum atomic E-state index is 5.90. The lowest BCUT2D eigenvalue weighted by atomic mass is 9.80. The molecule has 0 N–H and O–H groups in total. The molecule has 1 nitrogen and oxygen atoms in total. The van der Waals surface area contributed by atoms with Crippen LogP contribution in [0.1, 0.15) is 40.5 Å². The first-order chi connectivity index (χ1) is 7.11. The van der Waals surface area contributed by atoms with Crippen molar-refractivity contribution in [2.24, 2.45) is 29.1 Å². The third-order valence-corrected chi connectivity index (χ3v) is 4.86. The highest BCUT2D eigenvalue weighted by molar-refractivity contribution is 5.38. The predicted octanol–water partition coefficient (Wildman–Crippen LogP) is 3.61. The van der Waals surface area contributed by atoms with Crippen LogP contribution in [0, 0.1) is 29.1 Å². The smallest absolute Gasteiger partial charge is 0.0932 e. The molecule has 1 spiro atoms.